The van der Waals surface area contributed by atoms with Crippen LogP contribution in [0.25, 0.3) is 22.2 Å². The zero-order valence-corrected chi connectivity index (χ0v) is 20.1. The van der Waals surface area contributed by atoms with Crippen LogP contribution in [0.5, 0.6) is 11.5 Å². The predicted molar refractivity (Wildman–Crippen MR) is 138 cm³/mol. The summed E-state index contributed by atoms with van der Waals surface area (Å²) in [5, 5.41) is 22.6. The molecule has 0 atom stereocenters. The first kappa shape index (κ1) is 25.0. The van der Waals surface area contributed by atoms with Crippen LogP contribution in [0.15, 0.2) is 67.0 Å². The summed E-state index contributed by atoms with van der Waals surface area (Å²) in [6.45, 7) is 0.609. The van der Waals surface area contributed by atoms with Crippen LogP contribution in [-0.2, 0) is 6.54 Å². The van der Waals surface area contributed by atoms with Crippen LogP contribution in [0.2, 0.25) is 0 Å². The van der Waals surface area contributed by atoms with Gasteiger partial charge in [0.25, 0.3) is 0 Å². The zero-order chi connectivity index (χ0) is 25.3. The van der Waals surface area contributed by atoms with Gasteiger partial charge in [-0.25, -0.2) is 9.78 Å². The number of carbonyl (C=O) groups excluding carboxylic acids is 1. The van der Waals surface area contributed by atoms with Gasteiger partial charge in [-0.05, 0) is 59.5 Å². The van der Waals surface area contributed by atoms with Gasteiger partial charge < -0.3 is 34.9 Å². The van der Waals surface area contributed by atoms with Crippen molar-refractivity contribution < 1.29 is 24.5 Å². The highest BCUT2D eigenvalue weighted by atomic mass is 16.5. The van der Waals surface area contributed by atoms with E-state index in [9.17, 15) is 15.0 Å². The average molecular weight is 491 g/mol. The van der Waals surface area contributed by atoms with E-state index in [4.69, 9.17) is 9.47 Å². The minimum atomic E-state index is -0.329. The number of carbonyl (C=O) groups is 1. The number of aliphatic hydroxyl groups excluding tert-OH is 2. The van der Waals surface area contributed by atoms with Crippen molar-refractivity contribution in [1.82, 2.24) is 14.9 Å². The number of H-pyrrole nitrogens is 1. The Labute approximate surface area is 209 Å². The number of aromatic amines is 1. The van der Waals surface area contributed by atoms with Gasteiger partial charge in [-0.1, -0.05) is 18.2 Å². The van der Waals surface area contributed by atoms with Crippen molar-refractivity contribution in [1.29, 1.82) is 0 Å². The lowest BCUT2D eigenvalue weighted by molar-refractivity contribution is 0.197. The van der Waals surface area contributed by atoms with E-state index in [0.29, 0.717) is 36.7 Å². The van der Waals surface area contributed by atoms with Crippen molar-refractivity contribution in [2.45, 2.75) is 13.0 Å². The van der Waals surface area contributed by atoms with Gasteiger partial charge in [-0.15, -0.1) is 0 Å². The SMILES string of the molecule is COc1cccc(CN(CCCO)C(=O)Nc2ccc(-c3ccnc4[nH]ccc34)cc2OCCO)c1. The van der Waals surface area contributed by atoms with E-state index in [1.54, 1.807) is 24.3 Å². The van der Waals surface area contributed by atoms with Crippen LogP contribution in [0.3, 0.4) is 0 Å². The average Bonchev–Trinajstić information content (AvgIpc) is 3.39. The maximum Gasteiger partial charge on any atom is 0.322 e. The lowest BCUT2D eigenvalue weighted by Crippen LogP contribution is -2.35. The molecule has 0 saturated carbocycles. The summed E-state index contributed by atoms with van der Waals surface area (Å²) in [6.07, 6.45) is 4.01. The van der Waals surface area contributed by atoms with Crippen molar-refractivity contribution in [3.63, 3.8) is 0 Å². The third-order valence-corrected chi connectivity index (χ3v) is 5.72. The molecule has 0 saturated heterocycles. The Kier molecular flexibility index (Phi) is 8.38. The van der Waals surface area contributed by atoms with Crippen molar-refractivity contribution in [3.05, 3.63) is 72.6 Å². The van der Waals surface area contributed by atoms with Gasteiger partial charge in [-0.3, -0.25) is 0 Å². The molecule has 0 bridgehead atoms. The number of hydrogen-bond donors (Lipinski definition) is 4. The Hall–Kier alpha value is -4.08. The topological polar surface area (TPSA) is 120 Å². The first-order chi connectivity index (χ1) is 17.6. The summed E-state index contributed by atoms with van der Waals surface area (Å²) in [5.74, 6) is 1.15. The van der Waals surface area contributed by atoms with E-state index in [0.717, 1.165) is 27.7 Å². The van der Waals surface area contributed by atoms with Gasteiger partial charge >= 0.3 is 6.03 Å². The Morgan fingerprint density at radius 3 is 2.81 bits per heavy atom. The minimum absolute atomic E-state index is 0.0268. The van der Waals surface area contributed by atoms with Gasteiger partial charge in [-0.2, -0.15) is 0 Å². The summed E-state index contributed by atoms with van der Waals surface area (Å²) >= 11 is 0. The Bertz CT molecular complexity index is 1310. The molecule has 0 aliphatic carbocycles. The molecule has 2 heterocycles. The van der Waals surface area contributed by atoms with Crippen molar-refractivity contribution >= 4 is 22.8 Å². The highest BCUT2D eigenvalue weighted by Crippen LogP contribution is 2.34. The molecule has 4 rings (SSSR count). The smallest absolute Gasteiger partial charge is 0.322 e. The lowest BCUT2D eigenvalue weighted by atomic mass is 10.0. The third-order valence-electron chi connectivity index (χ3n) is 5.72. The fraction of sp³-hybridized carbons (Fsp3) is 0.259. The van der Waals surface area contributed by atoms with E-state index in [-0.39, 0.29) is 25.9 Å². The van der Waals surface area contributed by atoms with Gasteiger partial charge in [0.05, 0.1) is 19.4 Å². The summed E-state index contributed by atoms with van der Waals surface area (Å²) < 4.78 is 11.1. The molecule has 188 valence electrons. The second-order valence-electron chi connectivity index (χ2n) is 8.16. The second kappa shape index (κ2) is 12.1. The molecule has 2 amide bonds. The maximum atomic E-state index is 13.3. The summed E-state index contributed by atoms with van der Waals surface area (Å²) in [7, 11) is 1.60. The molecule has 4 aromatic rings. The minimum Gasteiger partial charge on any atom is -0.497 e. The van der Waals surface area contributed by atoms with Crippen LogP contribution in [0.1, 0.15) is 12.0 Å². The summed E-state index contributed by atoms with van der Waals surface area (Å²) in [4.78, 5) is 22.4. The monoisotopic (exact) mass is 490 g/mol. The number of urea groups is 1. The maximum absolute atomic E-state index is 13.3. The molecule has 0 aliphatic rings. The first-order valence-corrected chi connectivity index (χ1v) is 11.7. The van der Waals surface area contributed by atoms with Crippen LogP contribution in [0, 0.1) is 0 Å². The number of hydrogen-bond acceptors (Lipinski definition) is 6. The number of methoxy groups -OCH3 is 1. The highest BCUT2D eigenvalue weighted by Gasteiger charge is 2.18. The first-order valence-electron chi connectivity index (χ1n) is 11.7. The van der Waals surface area contributed by atoms with Crippen molar-refractivity contribution in [2.75, 3.05) is 38.8 Å². The van der Waals surface area contributed by atoms with Gasteiger partial charge in [0, 0.05) is 37.5 Å². The van der Waals surface area contributed by atoms with Crippen LogP contribution in [-0.4, -0.2) is 64.6 Å². The molecule has 36 heavy (non-hydrogen) atoms. The van der Waals surface area contributed by atoms with E-state index in [1.165, 1.54) is 0 Å². The zero-order valence-electron chi connectivity index (χ0n) is 20.1. The molecule has 9 heteroatoms. The van der Waals surface area contributed by atoms with Gasteiger partial charge in [0.1, 0.15) is 23.8 Å². The molecule has 9 nitrogen and oxygen atoms in total. The van der Waals surface area contributed by atoms with E-state index in [2.05, 4.69) is 15.3 Å². The number of pyridine rings is 1. The van der Waals surface area contributed by atoms with Crippen molar-refractivity contribution in [2.24, 2.45) is 0 Å². The molecule has 0 fully saturated rings. The standard InChI is InChI=1S/C27H30N4O5/c1-35-21-5-2-4-19(16-21)18-31(12-3-13-32)27(34)30-24-7-6-20(17-25(24)36-15-14-33)22-8-10-28-26-23(22)9-11-29-26/h2,4-11,16-17,32-33H,3,12-15,18H2,1H3,(H,28,29)(H,30,34). The number of nitrogens with one attached hydrogen (secondary N) is 2. The molecular weight excluding hydrogens is 460 g/mol. The normalized spacial score (nSPS) is 10.9. The molecular formula is C27H30N4O5. The van der Waals surface area contributed by atoms with E-state index in [1.807, 2.05) is 54.7 Å². The molecule has 0 spiro atoms. The molecule has 0 unspecified atom stereocenters. The number of benzene rings is 2. The highest BCUT2D eigenvalue weighted by molar-refractivity contribution is 5.95. The third kappa shape index (κ3) is 5.94. The van der Waals surface area contributed by atoms with Crippen LogP contribution >= 0.6 is 0 Å². The van der Waals surface area contributed by atoms with E-state index >= 15 is 0 Å². The molecule has 2 aromatic carbocycles. The number of aliphatic hydroxyl groups is 2. The Morgan fingerprint density at radius 1 is 1.11 bits per heavy atom. The largest absolute Gasteiger partial charge is 0.497 e. The van der Waals surface area contributed by atoms with Gasteiger partial charge in [0.2, 0.25) is 0 Å². The van der Waals surface area contributed by atoms with Crippen LogP contribution in [0.4, 0.5) is 10.5 Å². The quantitative estimate of drug-likeness (QED) is 0.252. The fourth-order valence-electron chi connectivity index (χ4n) is 3.98. The summed E-state index contributed by atoms with van der Waals surface area (Å²) in [6, 6.07) is 16.6. The number of anilines is 1. The fourth-order valence-corrected chi connectivity index (χ4v) is 3.98. The second-order valence-corrected chi connectivity index (χ2v) is 8.16. The Balaban J connectivity index is 1.59. The number of fused-ring (bicyclic) bond motifs is 1. The summed E-state index contributed by atoms with van der Waals surface area (Å²) in [5.41, 5.74) is 4.02. The Morgan fingerprint density at radius 2 is 2.00 bits per heavy atom. The number of rotatable bonds is 11. The molecule has 4 N–H and O–H groups in total. The number of ether oxygens (including phenoxy) is 2. The number of nitrogens with zero attached hydrogens (tertiary/aromatic N) is 2. The number of amides is 2. The van der Waals surface area contributed by atoms with Crippen molar-refractivity contribution in [3.8, 4) is 22.6 Å². The van der Waals surface area contributed by atoms with Gasteiger partial charge in [0.15, 0.2) is 0 Å². The van der Waals surface area contributed by atoms with Crippen LogP contribution < -0.4 is 14.8 Å². The lowest BCUT2D eigenvalue weighted by Gasteiger charge is -2.24. The predicted octanol–water partition coefficient (Wildman–Crippen LogP) is 4.03. The van der Waals surface area contributed by atoms with E-state index < -0.39 is 0 Å². The molecule has 0 radical (unpaired) electrons. The number of aromatic nitrogens is 2. The molecule has 2 aromatic heterocycles. The molecule has 0 aliphatic heterocycles.